The van der Waals surface area contributed by atoms with Crippen molar-refractivity contribution >= 4 is 23.2 Å². The molecule has 1 aliphatic heterocycles. The maximum atomic E-state index is 13.0. The van der Waals surface area contributed by atoms with E-state index in [1.54, 1.807) is 60.8 Å². The molecule has 2 amide bonds. The molecule has 6 nitrogen and oxygen atoms in total. The number of nitrogens with zero attached hydrogens (tertiary/aromatic N) is 2. The van der Waals surface area contributed by atoms with Gasteiger partial charge in [-0.15, -0.1) is 0 Å². The van der Waals surface area contributed by atoms with E-state index < -0.39 is 0 Å². The van der Waals surface area contributed by atoms with Crippen LogP contribution in [0.4, 0.5) is 11.4 Å². The van der Waals surface area contributed by atoms with Crippen LogP contribution >= 0.6 is 0 Å². The SMILES string of the molecule is COc1ccc(C(=O)Nc2ccc3c(c2)N(C(=O)c2cccnc2)CCC3)cc1. The van der Waals surface area contributed by atoms with Crippen LogP contribution in [0.1, 0.15) is 32.7 Å². The molecule has 0 saturated heterocycles. The number of benzene rings is 2. The van der Waals surface area contributed by atoms with E-state index in [-0.39, 0.29) is 11.8 Å². The topological polar surface area (TPSA) is 71.5 Å². The number of rotatable bonds is 4. The Balaban J connectivity index is 1.58. The van der Waals surface area contributed by atoms with Crippen LogP contribution in [0.25, 0.3) is 0 Å². The molecule has 1 aliphatic rings. The van der Waals surface area contributed by atoms with Gasteiger partial charge in [-0.1, -0.05) is 6.07 Å². The van der Waals surface area contributed by atoms with Crippen molar-refractivity contribution in [3.63, 3.8) is 0 Å². The summed E-state index contributed by atoms with van der Waals surface area (Å²) in [4.78, 5) is 31.4. The summed E-state index contributed by atoms with van der Waals surface area (Å²) in [7, 11) is 1.58. The molecule has 146 valence electrons. The number of hydrogen-bond acceptors (Lipinski definition) is 4. The highest BCUT2D eigenvalue weighted by molar-refractivity contribution is 6.08. The number of amides is 2. The number of fused-ring (bicyclic) bond motifs is 1. The van der Waals surface area contributed by atoms with Gasteiger partial charge in [0.1, 0.15) is 5.75 Å². The largest absolute Gasteiger partial charge is 0.497 e. The highest BCUT2D eigenvalue weighted by Crippen LogP contribution is 2.31. The third-order valence-electron chi connectivity index (χ3n) is 4.97. The first kappa shape index (κ1) is 18.7. The second-order valence-electron chi connectivity index (χ2n) is 6.83. The van der Waals surface area contributed by atoms with Gasteiger partial charge in [0.15, 0.2) is 0 Å². The number of hydrogen-bond donors (Lipinski definition) is 1. The minimum Gasteiger partial charge on any atom is -0.497 e. The molecule has 0 bridgehead atoms. The van der Waals surface area contributed by atoms with Crippen molar-refractivity contribution < 1.29 is 14.3 Å². The fraction of sp³-hybridized carbons (Fsp3) is 0.174. The van der Waals surface area contributed by atoms with Gasteiger partial charge in [0.05, 0.1) is 12.7 Å². The molecule has 2 heterocycles. The maximum Gasteiger partial charge on any atom is 0.259 e. The summed E-state index contributed by atoms with van der Waals surface area (Å²) in [6, 6.07) is 16.1. The van der Waals surface area contributed by atoms with Crippen molar-refractivity contribution in [2.45, 2.75) is 12.8 Å². The fourth-order valence-electron chi connectivity index (χ4n) is 3.45. The Morgan fingerprint density at radius 3 is 2.62 bits per heavy atom. The Hall–Kier alpha value is -3.67. The van der Waals surface area contributed by atoms with Crippen molar-refractivity contribution in [3.05, 3.63) is 83.7 Å². The van der Waals surface area contributed by atoms with E-state index in [4.69, 9.17) is 4.74 Å². The van der Waals surface area contributed by atoms with E-state index in [1.807, 2.05) is 18.2 Å². The summed E-state index contributed by atoms with van der Waals surface area (Å²) in [6.45, 7) is 0.636. The van der Waals surface area contributed by atoms with Crippen molar-refractivity contribution in [1.82, 2.24) is 4.98 Å². The molecule has 0 spiro atoms. The van der Waals surface area contributed by atoms with Gasteiger partial charge in [0, 0.05) is 35.9 Å². The lowest BCUT2D eigenvalue weighted by atomic mass is 10.00. The molecule has 0 radical (unpaired) electrons. The average molecular weight is 387 g/mol. The third-order valence-corrected chi connectivity index (χ3v) is 4.97. The first-order chi connectivity index (χ1) is 14.2. The number of anilines is 2. The number of pyridine rings is 1. The Morgan fingerprint density at radius 1 is 1.07 bits per heavy atom. The van der Waals surface area contributed by atoms with Gasteiger partial charge in [-0.3, -0.25) is 14.6 Å². The molecule has 0 saturated carbocycles. The summed E-state index contributed by atoms with van der Waals surface area (Å²) in [5, 5.41) is 2.91. The number of carbonyl (C=O) groups is 2. The van der Waals surface area contributed by atoms with Gasteiger partial charge in [-0.25, -0.2) is 0 Å². The Kier molecular flexibility index (Phi) is 5.24. The zero-order chi connectivity index (χ0) is 20.2. The van der Waals surface area contributed by atoms with E-state index in [0.29, 0.717) is 29.1 Å². The van der Waals surface area contributed by atoms with Crippen LogP contribution in [-0.4, -0.2) is 30.5 Å². The molecule has 6 heteroatoms. The van der Waals surface area contributed by atoms with Crippen molar-refractivity contribution in [2.75, 3.05) is 23.9 Å². The molecular formula is C23H21N3O3. The predicted octanol–water partition coefficient (Wildman–Crippen LogP) is 3.94. The Labute approximate surface area is 169 Å². The summed E-state index contributed by atoms with van der Waals surface area (Å²) in [6.07, 6.45) is 5.02. The molecule has 0 fully saturated rings. The normalized spacial score (nSPS) is 12.8. The van der Waals surface area contributed by atoms with E-state index >= 15 is 0 Å². The molecular weight excluding hydrogens is 366 g/mol. The van der Waals surface area contributed by atoms with Gasteiger partial charge in [-0.2, -0.15) is 0 Å². The monoisotopic (exact) mass is 387 g/mol. The Bertz CT molecular complexity index is 1030. The molecule has 2 aromatic carbocycles. The molecule has 0 unspecified atom stereocenters. The maximum absolute atomic E-state index is 13.0. The van der Waals surface area contributed by atoms with E-state index in [0.717, 1.165) is 24.1 Å². The number of ether oxygens (including phenoxy) is 1. The minimum absolute atomic E-state index is 0.0855. The van der Waals surface area contributed by atoms with Crippen LogP contribution in [0.15, 0.2) is 67.0 Å². The zero-order valence-electron chi connectivity index (χ0n) is 16.1. The van der Waals surface area contributed by atoms with Crippen LogP contribution in [0.5, 0.6) is 5.75 Å². The highest BCUT2D eigenvalue weighted by atomic mass is 16.5. The van der Waals surface area contributed by atoms with Gasteiger partial charge in [-0.05, 0) is 66.9 Å². The summed E-state index contributed by atoms with van der Waals surface area (Å²) in [5.41, 5.74) is 3.66. The van der Waals surface area contributed by atoms with Gasteiger partial charge >= 0.3 is 0 Å². The van der Waals surface area contributed by atoms with Crippen LogP contribution in [0, 0.1) is 0 Å². The molecule has 29 heavy (non-hydrogen) atoms. The number of methoxy groups -OCH3 is 1. The van der Waals surface area contributed by atoms with Crippen LogP contribution in [0.3, 0.4) is 0 Å². The van der Waals surface area contributed by atoms with Gasteiger partial charge < -0.3 is 15.0 Å². The third kappa shape index (κ3) is 3.96. The zero-order valence-corrected chi connectivity index (χ0v) is 16.1. The van der Waals surface area contributed by atoms with Crippen molar-refractivity contribution in [1.29, 1.82) is 0 Å². The van der Waals surface area contributed by atoms with Crippen LogP contribution in [-0.2, 0) is 6.42 Å². The van der Waals surface area contributed by atoms with Crippen molar-refractivity contribution in [2.24, 2.45) is 0 Å². The van der Waals surface area contributed by atoms with E-state index in [2.05, 4.69) is 10.3 Å². The molecule has 3 aromatic rings. The van der Waals surface area contributed by atoms with Crippen LogP contribution < -0.4 is 15.0 Å². The smallest absolute Gasteiger partial charge is 0.259 e. The van der Waals surface area contributed by atoms with E-state index in [9.17, 15) is 9.59 Å². The lowest BCUT2D eigenvalue weighted by Gasteiger charge is -2.30. The lowest BCUT2D eigenvalue weighted by molar-refractivity contribution is 0.0983. The van der Waals surface area contributed by atoms with Crippen LogP contribution in [0.2, 0.25) is 0 Å². The number of aromatic nitrogens is 1. The molecule has 4 rings (SSSR count). The average Bonchev–Trinajstić information content (AvgIpc) is 2.78. The van der Waals surface area contributed by atoms with Gasteiger partial charge in [0.25, 0.3) is 11.8 Å². The fourth-order valence-corrected chi connectivity index (χ4v) is 3.45. The summed E-state index contributed by atoms with van der Waals surface area (Å²) in [5.74, 6) is 0.395. The molecule has 1 aromatic heterocycles. The number of aryl methyl sites for hydroxylation is 1. The second-order valence-corrected chi connectivity index (χ2v) is 6.83. The number of nitrogens with one attached hydrogen (secondary N) is 1. The molecule has 0 atom stereocenters. The summed E-state index contributed by atoms with van der Waals surface area (Å²) < 4.78 is 5.13. The number of carbonyl (C=O) groups excluding carboxylic acids is 2. The lowest BCUT2D eigenvalue weighted by Crippen LogP contribution is -2.35. The molecule has 0 aliphatic carbocycles. The quantitative estimate of drug-likeness (QED) is 0.736. The summed E-state index contributed by atoms with van der Waals surface area (Å²) >= 11 is 0. The highest BCUT2D eigenvalue weighted by Gasteiger charge is 2.24. The Morgan fingerprint density at radius 2 is 1.90 bits per heavy atom. The first-order valence-corrected chi connectivity index (χ1v) is 9.46. The van der Waals surface area contributed by atoms with Gasteiger partial charge in [0.2, 0.25) is 0 Å². The van der Waals surface area contributed by atoms with Crippen molar-refractivity contribution in [3.8, 4) is 5.75 Å². The standard InChI is InChI=1S/C23H21N3O3/c1-29-20-10-7-17(8-11-20)22(27)25-19-9-6-16-5-3-13-26(21(16)14-19)23(28)18-4-2-12-24-15-18/h2,4,6-12,14-15H,3,5,13H2,1H3,(H,25,27). The predicted molar refractivity (Wildman–Crippen MR) is 112 cm³/mol. The second kappa shape index (κ2) is 8.14. The van der Waals surface area contributed by atoms with E-state index in [1.165, 1.54) is 0 Å². The minimum atomic E-state index is -0.214. The molecule has 1 N–H and O–H groups in total. The first-order valence-electron chi connectivity index (χ1n) is 9.46.